The van der Waals surface area contributed by atoms with Gasteiger partial charge in [0.15, 0.2) is 0 Å². The molecule has 0 radical (unpaired) electrons. The van der Waals surface area contributed by atoms with Gasteiger partial charge in [-0.05, 0) is 17.7 Å². The van der Waals surface area contributed by atoms with Crippen LogP contribution in [0, 0.1) is 0 Å². The van der Waals surface area contributed by atoms with Crippen molar-refractivity contribution in [2.75, 3.05) is 13.7 Å². The Kier molecular flexibility index (Phi) is 4.41. The van der Waals surface area contributed by atoms with Gasteiger partial charge in [-0.3, -0.25) is 0 Å². The summed E-state index contributed by atoms with van der Waals surface area (Å²) in [5, 5.41) is 10.5. The van der Waals surface area contributed by atoms with Crippen molar-refractivity contribution in [2.45, 2.75) is 6.42 Å². The van der Waals surface area contributed by atoms with Gasteiger partial charge in [0, 0.05) is 17.9 Å². The molecule has 1 aromatic heterocycles. The molecule has 0 spiro atoms. The van der Waals surface area contributed by atoms with Gasteiger partial charge >= 0.3 is 5.97 Å². The van der Waals surface area contributed by atoms with Gasteiger partial charge in [0.2, 0.25) is 0 Å². The van der Waals surface area contributed by atoms with Crippen molar-refractivity contribution in [1.29, 1.82) is 0 Å². The van der Waals surface area contributed by atoms with Crippen LogP contribution in [0.3, 0.4) is 0 Å². The second kappa shape index (κ2) is 6.24. The summed E-state index contributed by atoms with van der Waals surface area (Å²) in [6.45, 7) is 0.516. The van der Waals surface area contributed by atoms with E-state index in [-0.39, 0.29) is 0 Å². The van der Waals surface area contributed by atoms with Gasteiger partial charge < -0.3 is 14.6 Å². The van der Waals surface area contributed by atoms with Crippen molar-refractivity contribution in [3.63, 3.8) is 0 Å². The van der Waals surface area contributed by atoms with Crippen molar-refractivity contribution in [3.8, 4) is 11.5 Å². The highest BCUT2D eigenvalue weighted by atomic mass is 32.1. The molecule has 2 rings (SSSR count). The smallest absolute Gasteiger partial charge is 0.346 e. The summed E-state index contributed by atoms with van der Waals surface area (Å²) in [4.78, 5) is 11.0. The van der Waals surface area contributed by atoms with Crippen LogP contribution in [0.15, 0.2) is 35.7 Å². The molecule has 100 valence electrons. The lowest BCUT2D eigenvalue weighted by atomic mass is 10.1. The number of rotatable bonds is 6. The highest BCUT2D eigenvalue weighted by Crippen LogP contribution is 2.21. The molecule has 5 heteroatoms. The first-order chi connectivity index (χ1) is 9.19. The quantitative estimate of drug-likeness (QED) is 0.882. The largest absolute Gasteiger partial charge is 0.497 e. The molecule has 1 aromatic carbocycles. The van der Waals surface area contributed by atoms with E-state index in [1.807, 2.05) is 24.3 Å². The minimum Gasteiger partial charge on any atom is -0.497 e. The fourth-order valence-electron chi connectivity index (χ4n) is 1.59. The number of carboxylic acids is 1. The molecule has 0 aliphatic carbocycles. The Hall–Kier alpha value is -2.01. The third kappa shape index (κ3) is 3.72. The Labute approximate surface area is 115 Å². The number of carbonyl (C=O) groups is 1. The van der Waals surface area contributed by atoms with Crippen molar-refractivity contribution in [3.05, 3.63) is 46.2 Å². The zero-order valence-corrected chi connectivity index (χ0v) is 11.3. The monoisotopic (exact) mass is 278 g/mol. The van der Waals surface area contributed by atoms with Gasteiger partial charge in [-0.15, -0.1) is 11.3 Å². The maximum absolute atomic E-state index is 10.7. The number of benzene rings is 1. The van der Waals surface area contributed by atoms with Crippen LogP contribution in [0.25, 0.3) is 0 Å². The van der Waals surface area contributed by atoms with Crippen LogP contribution < -0.4 is 9.47 Å². The van der Waals surface area contributed by atoms with Crippen molar-refractivity contribution < 1.29 is 19.4 Å². The Morgan fingerprint density at radius 2 is 2.00 bits per heavy atom. The van der Waals surface area contributed by atoms with Crippen LogP contribution in [0.4, 0.5) is 0 Å². The lowest BCUT2D eigenvalue weighted by Crippen LogP contribution is -2.00. The molecule has 0 atom stereocenters. The number of aromatic carboxylic acids is 1. The van der Waals surface area contributed by atoms with E-state index in [1.54, 1.807) is 18.6 Å². The molecule has 0 saturated carbocycles. The van der Waals surface area contributed by atoms with Gasteiger partial charge in [-0.1, -0.05) is 12.1 Å². The normalized spacial score (nSPS) is 10.2. The molecular formula is C14H14O4S. The zero-order chi connectivity index (χ0) is 13.7. The Balaban J connectivity index is 1.83. The van der Waals surface area contributed by atoms with E-state index >= 15 is 0 Å². The van der Waals surface area contributed by atoms with E-state index in [4.69, 9.17) is 14.6 Å². The first-order valence-corrected chi connectivity index (χ1v) is 6.64. The Bertz CT molecular complexity index is 545. The molecule has 0 amide bonds. The molecule has 4 nitrogen and oxygen atoms in total. The molecule has 19 heavy (non-hydrogen) atoms. The molecule has 1 N–H and O–H groups in total. The number of hydrogen-bond acceptors (Lipinski definition) is 4. The minimum absolute atomic E-state index is 0.291. The molecule has 2 aromatic rings. The van der Waals surface area contributed by atoms with Crippen LogP contribution in [0.5, 0.6) is 11.5 Å². The average molecular weight is 278 g/mol. The number of carboxylic acid groups (broad SMARTS) is 1. The van der Waals surface area contributed by atoms with E-state index in [0.717, 1.165) is 17.7 Å². The topological polar surface area (TPSA) is 55.8 Å². The minimum atomic E-state index is -0.921. The van der Waals surface area contributed by atoms with E-state index in [9.17, 15) is 4.79 Å². The van der Waals surface area contributed by atoms with Crippen molar-refractivity contribution in [2.24, 2.45) is 0 Å². The first kappa shape index (κ1) is 13.4. The van der Waals surface area contributed by atoms with Gasteiger partial charge in [0.25, 0.3) is 0 Å². The molecular weight excluding hydrogens is 264 g/mol. The van der Waals surface area contributed by atoms with Crippen LogP contribution in [0.1, 0.15) is 15.2 Å². The second-order valence-electron chi connectivity index (χ2n) is 3.90. The Morgan fingerprint density at radius 1 is 1.26 bits per heavy atom. The second-order valence-corrected chi connectivity index (χ2v) is 4.81. The summed E-state index contributed by atoms with van der Waals surface area (Å²) in [6, 6.07) is 9.32. The molecule has 1 heterocycles. The summed E-state index contributed by atoms with van der Waals surface area (Å²) in [5.41, 5.74) is 1.15. The Morgan fingerprint density at radius 3 is 2.58 bits per heavy atom. The molecule has 0 unspecified atom stereocenters. The van der Waals surface area contributed by atoms with Crippen molar-refractivity contribution >= 4 is 17.3 Å². The lowest BCUT2D eigenvalue weighted by molar-refractivity contribution is 0.0702. The van der Waals surface area contributed by atoms with Gasteiger partial charge in [0.1, 0.15) is 16.4 Å². The third-order valence-corrected chi connectivity index (χ3v) is 3.50. The summed E-state index contributed by atoms with van der Waals surface area (Å²) >= 11 is 1.17. The SMILES string of the molecule is COc1ccc(CCOc2csc(C(=O)O)c2)cc1. The zero-order valence-electron chi connectivity index (χ0n) is 10.5. The van der Waals surface area contributed by atoms with Crippen LogP contribution in [0.2, 0.25) is 0 Å². The van der Waals surface area contributed by atoms with Gasteiger partial charge in [-0.25, -0.2) is 4.79 Å². The summed E-state index contributed by atoms with van der Waals surface area (Å²) < 4.78 is 10.6. The van der Waals surface area contributed by atoms with Crippen molar-refractivity contribution in [1.82, 2.24) is 0 Å². The number of thiophene rings is 1. The van der Waals surface area contributed by atoms with E-state index < -0.39 is 5.97 Å². The average Bonchev–Trinajstić information content (AvgIpc) is 2.89. The highest BCUT2D eigenvalue weighted by molar-refractivity contribution is 7.12. The maximum atomic E-state index is 10.7. The summed E-state index contributed by atoms with van der Waals surface area (Å²) in [5.74, 6) is 0.513. The standard InChI is InChI=1S/C14H14O4S/c1-17-11-4-2-10(3-5-11)6-7-18-12-8-13(14(15)16)19-9-12/h2-5,8-9H,6-7H2,1H3,(H,15,16). The molecule has 0 saturated heterocycles. The third-order valence-electron chi connectivity index (χ3n) is 2.60. The molecule has 0 aliphatic heterocycles. The molecule has 0 fully saturated rings. The van der Waals surface area contributed by atoms with Crippen LogP contribution >= 0.6 is 11.3 Å². The van der Waals surface area contributed by atoms with Gasteiger partial charge in [-0.2, -0.15) is 0 Å². The van der Waals surface area contributed by atoms with E-state index in [2.05, 4.69) is 0 Å². The summed E-state index contributed by atoms with van der Waals surface area (Å²) in [6.07, 6.45) is 0.766. The first-order valence-electron chi connectivity index (χ1n) is 5.76. The van der Waals surface area contributed by atoms with E-state index in [0.29, 0.717) is 17.2 Å². The predicted octanol–water partition coefficient (Wildman–Crippen LogP) is 3.08. The number of ether oxygens (including phenoxy) is 2. The lowest BCUT2D eigenvalue weighted by Gasteiger charge is -2.05. The van der Waals surface area contributed by atoms with Gasteiger partial charge in [0.05, 0.1) is 13.7 Å². The maximum Gasteiger partial charge on any atom is 0.346 e. The fraction of sp³-hybridized carbons (Fsp3) is 0.214. The van der Waals surface area contributed by atoms with Crippen LogP contribution in [-0.4, -0.2) is 24.8 Å². The number of hydrogen-bond donors (Lipinski definition) is 1. The molecule has 0 bridgehead atoms. The highest BCUT2D eigenvalue weighted by Gasteiger charge is 2.07. The van der Waals surface area contributed by atoms with Crippen LogP contribution in [-0.2, 0) is 6.42 Å². The summed E-state index contributed by atoms with van der Waals surface area (Å²) in [7, 11) is 1.63. The van der Waals surface area contributed by atoms with E-state index in [1.165, 1.54) is 11.3 Å². The predicted molar refractivity (Wildman–Crippen MR) is 73.5 cm³/mol. The molecule has 0 aliphatic rings. The fourth-order valence-corrected chi connectivity index (χ4v) is 2.25. The number of methoxy groups -OCH3 is 1.